The van der Waals surface area contributed by atoms with Gasteiger partial charge in [-0.2, -0.15) is 0 Å². The number of halogens is 2. The summed E-state index contributed by atoms with van der Waals surface area (Å²) in [6.07, 6.45) is 2.68. The lowest BCUT2D eigenvalue weighted by Crippen LogP contribution is -3.00. The zero-order valence-corrected chi connectivity index (χ0v) is 16.3. The number of aliphatic hydroxyl groups excluding tert-OH is 1. The van der Waals surface area contributed by atoms with Crippen LogP contribution in [0.4, 0.5) is 14.9 Å². The smallest absolute Gasteiger partial charge is 0.414 e. The number of pyridine rings is 1. The number of hydrogen-bond acceptors (Lipinski definition) is 3. The molecule has 0 radical (unpaired) electrons. The number of carbonyl (C=O) groups excluding carboxylic acids is 1. The number of aliphatic hydroxyl groups is 1. The maximum absolute atomic E-state index is 14.7. The third kappa shape index (κ3) is 4.55. The lowest BCUT2D eigenvalue weighted by molar-refractivity contribution is -0.688. The highest BCUT2D eigenvalue weighted by atomic mass is 35.5. The molecule has 3 aromatic rings. The topological polar surface area (TPSA) is 53.7 Å². The summed E-state index contributed by atoms with van der Waals surface area (Å²) in [4.78, 5) is 13.2. The molecule has 1 fully saturated rings. The molecular weight excluding hydrogens is 395 g/mol. The van der Waals surface area contributed by atoms with Gasteiger partial charge in [-0.1, -0.05) is 30.3 Å². The van der Waals surface area contributed by atoms with Crippen LogP contribution < -0.4 is 21.9 Å². The summed E-state index contributed by atoms with van der Waals surface area (Å²) in [5, 5.41) is 9.13. The second kappa shape index (κ2) is 9.03. The molecule has 4 rings (SSSR count). The fourth-order valence-corrected chi connectivity index (χ4v) is 3.27. The van der Waals surface area contributed by atoms with E-state index in [1.54, 1.807) is 12.1 Å². The monoisotopic (exact) mass is 414 g/mol. The van der Waals surface area contributed by atoms with Gasteiger partial charge in [0.1, 0.15) is 11.9 Å². The maximum atomic E-state index is 14.7. The van der Waals surface area contributed by atoms with Crippen LogP contribution in [0.3, 0.4) is 0 Å². The molecular formula is C22H20ClFN2O3. The van der Waals surface area contributed by atoms with Crippen molar-refractivity contribution in [2.75, 3.05) is 18.1 Å². The highest BCUT2D eigenvalue weighted by molar-refractivity contribution is 5.90. The van der Waals surface area contributed by atoms with Gasteiger partial charge in [-0.05, 0) is 23.8 Å². The second-order valence-corrected chi connectivity index (χ2v) is 6.71. The molecule has 1 amide bonds. The summed E-state index contributed by atoms with van der Waals surface area (Å²) in [5.41, 5.74) is 2.82. The van der Waals surface area contributed by atoms with Crippen molar-refractivity contribution in [1.29, 1.82) is 0 Å². The Bertz CT molecular complexity index is 983. The van der Waals surface area contributed by atoms with E-state index in [2.05, 4.69) is 12.1 Å². The molecule has 2 aromatic carbocycles. The van der Waals surface area contributed by atoms with Crippen molar-refractivity contribution in [3.63, 3.8) is 0 Å². The van der Waals surface area contributed by atoms with Gasteiger partial charge in [-0.15, -0.1) is 0 Å². The van der Waals surface area contributed by atoms with Crippen molar-refractivity contribution < 1.29 is 36.0 Å². The van der Waals surface area contributed by atoms with Gasteiger partial charge in [-0.25, -0.2) is 13.8 Å². The van der Waals surface area contributed by atoms with Crippen molar-refractivity contribution in [3.8, 4) is 11.1 Å². The van der Waals surface area contributed by atoms with Crippen LogP contribution in [0, 0.1) is 5.82 Å². The molecule has 0 bridgehead atoms. The van der Waals surface area contributed by atoms with Crippen LogP contribution in [0.15, 0.2) is 73.1 Å². The first-order chi connectivity index (χ1) is 13.6. The number of nitrogens with zero attached hydrogens (tertiary/aromatic N) is 2. The van der Waals surface area contributed by atoms with Crippen molar-refractivity contribution in [1.82, 2.24) is 0 Å². The van der Waals surface area contributed by atoms with E-state index in [1.807, 2.05) is 47.3 Å². The zero-order chi connectivity index (χ0) is 19.5. The highest BCUT2D eigenvalue weighted by Crippen LogP contribution is 2.28. The number of rotatable bonds is 5. The van der Waals surface area contributed by atoms with Crippen LogP contribution in [-0.2, 0) is 11.3 Å². The van der Waals surface area contributed by atoms with Gasteiger partial charge < -0.3 is 22.3 Å². The Morgan fingerprint density at radius 3 is 2.45 bits per heavy atom. The number of aromatic nitrogens is 1. The first-order valence-electron chi connectivity index (χ1n) is 9.06. The second-order valence-electron chi connectivity index (χ2n) is 6.71. The molecule has 29 heavy (non-hydrogen) atoms. The number of cyclic esters (lactones) is 1. The Balaban J connectivity index is 0.00000240. The molecule has 150 valence electrons. The number of hydrogen-bond donors (Lipinski definition) is 1. The molecule has 5 nitrogen and oxygen atoms in total. The quantitative estimate of drug-likeness (QED) is 0.605. The summed E-state index contributed by atoms with van der Waals surface area (Å²) in [7, 11) is 0. The van der Waals surface area contributed by atoms with E-state index in [-0.39, 0.29) is 25.6 Å². The first kappa shape index (κ1) is 20.8. The molecule has 1 atom stereocenters. The van der Waals surface area contributed by atoms with Crippen LogP contribution >= 0.6 is 0 Å². The Morgan fingerprint density at radius 1 is 1.10 bits per heavy atom. The van der Waals surface area contributed by atoms with E-state index >= 15 is 0 Å². The molecule has 0 spiro atoms. The third-order valence-corrected chi connectivity index (χ3v) is 4.75. The normalized spacial score (nSPS) is 15.7. The lowest BCUT2D eigenvalue weighted by atomic mass is 10.1. The summed E-state index contributed by atoms with van der Waals surface area (Å²) < 4.78 is 21.7. The number of amides is 1. The minimum absolute atomic E-state index is 0. The Labute approximate surface area is 174 Å². The van der Waals surface area contributed by atoms with Crippen molar-refractivity contribution in [3.05, 3.63) is 84.4 Å². The average molecular weight is 415 g/mol. The molecule has 0 aliphatic carbocycles. The molecule has 1 aliphatic rings. The van der Waals surface area contributed by atoms with E-state index in [1.165, 1.54) is 16.5 Å². The summed E-state index contributed by atoms with van der Waals surface area (Å²) in [6.45, 7) is 0.695. The summed E-state index contributed by atoms with van der Waals surface area (Å²) in [6, 6.07) is 18.5. The molecule has 0 saturated carbocycles. The predicted octanol–water partition coefficient (Wildman–Crippen LogP) is 0.150. The van der Waals surface area contributed by atoms with Crippen molar-refractivity contribution in [2.45, 2.75) is 12.6 Å². The minimum Gasteiger partial charge on any atom is -1.00 e. The zero-order valence-electron chi connectivity index (χ0n) is 15.5. The molecule has 2 heterocycles. The molecule has 1 aliphatic heterocycles. The number of ether oxygens (including phenoxy) is 1. The van der Waals surface area contributed by atoms with Crippen LogP contribution in [0.1, 0.15) is 5.56 Å². The first-order valence-corrected chi connectivity index (χ1v) is 9.06. The van der Waals surface area contributed by atoms with E-state index in [9.17, 15) is 9.18 Å². The third-order valence-electron chi connectivity index (χ3n) is 4.75. The lowest BCUT2D eigenvalue weighted by Gasteiger charge is -2.14. The van der Waals surface area contributed by atoms with Gasteiger partial charge >= 0.3 is 6.09 Å². The maximum Gasteiger partial charge on any atom is 0.414 e. The van der Waals surface area contributed by atoms with Gasteiger partial charge in [0, 0.05) is 23.3 Å². The van der Waals surface area contributed by atoms with Gasteiger partial charge in [-0.3, -0.25) is 4.90 Å². The Morgan fingerprint density at radius 2 is 1.83 bits per heavy atom. The average Bonchev–Trinajstić information content (AvgIpc) is 3.10. The van der Waals surface area contributed by atoms with Crippen molar-refractivity contribution >= 4 is 11.8 Å². The van der Waals surface area contributed by atoms with E-state index < -0.39 is 18.0 Å². The molecule has 1 N–H and O–H groups in total. The van der Waals surface area contributed by atoms with E-state index in [0.29, 0.717) is 11.3 Å². The largest absolute Gasteiger partial charge is 1.00 e. The highest BCUT2D eigenvalue weighted by Gasteiger charge is 2.32. The summed E-state index contributed by atoms with van der Waals surface area (Å²) >= 11 is 0. The van der Waals surface area contributed by atoms with Gasteiger partial charge in [0.25, 0.3) is 0 Å². The predicted molar refractivity (Wildman–Crippen MR) is 102 cm³/mol. The van der Waals surface area contributed by atoms with Crippen LogP contribution in [-0.4, -0.2) is 30.5 Å². The molecule has 1 saturated heterocycles. The molecule has 1 aromatic heterocycles. The van der Waals surface area contributed by atoms with Crippen molar-refractivity contribution in [2.24, 2.45) is 0 Å². The minimum atomic E-state index is -0.579. The molecule has 0 unspecified atom stereocenters. The summed E-state index contributed by atoms with van der Waals surface area (Å²) in [5.74, 6) is -0.418. The van der Waals surface area contributed by atoms with Crippen LogP contribution in [0.5, 0.6) is 0 Å². The van der Waals surface area contributed by atoms with Crippen LogP contribution in [0.25, 0.3) is 11.1 Å². The number of benzene rings is 2. The number of carbonyl (C=O) groups is 1. The van der Waals surface area contributed by atoms with Gasteiger partial charge in [0.05, 0.1) is 18.8 Å². The fourth-order valence-electron chi connectivity index (χ4n) is 3.27. The molecule has 7 heteroatoms. The van der Waals surface area contributed by atoms with Crippen LogP contribution in [0.2, 0.25) is 0 Å². The number of anilines is 1. The Hall–Kier alpha value is -2.96. The fraction of sp³-hybridized carbons (Fsp3) is 0.182. The Kier molecular flexibility index (Phi) is 6.46. The standard InChI is InChI=1S/C22H20FN2O3.ClH/c23-21-12-18(25-14-19(15-26)28-22(25)27)6-7-20(21)17-8-10-24(11-9-17)13-16-4-2-1-3-5-16;/h1-12,19,26H,13-15H2;1H/q+1;/p-1/t19-;/m1./s1. The van der Waals surface area contributed by atoms with E-state index in [0.717, 1.165) is 12.1 Å². The van der Waals surface area contributed by atoms with Gasteiger partial charge in [0.15, 0.2) is 18.9 Å². The SMILES string of the molecule is O=C1O[C@@H](CO)CN1c1ccc(-c2cc[n+](Cc3ccccc3)cc2)c(F)c1.[Cl-]. The van der Waals surface area contributed by atoms with E-state index in [4.69, 9.17) is 9.84 Å². The van der Waals surface area contributed by atoms with Gasteiger partial charge in [0.2, 0.25) is 0 Å².